The lowest BCUT2D eigenvalue weighted by molar-refractivity contribution is -0.136. The van der Waals surface area contributed by atoms with Crippen LogP contribution in [0.3, 0.4) is 0 Å². The number of H-pyrrole nitrogens is 1. The molecule has 1 aliphatic heterocycles. The van der Waals surface area contributed by atoms with Crippen LogP contribution in [0.1, 0.15) is 22.4 Å². The van der Waals surface area contributed by atoms with Gasteiger partial charge in [0, 0.05) is 17.4 Å². The number of carboxylic acid groups (broad SMARTS) is 1. The Kier molecular flexibility index (Phi) is 5.12. The van der Waals surface area contributed by atoms with Crippen LogP contribution in [0.5, 0.6) is 5.88 Å². The summed E-state index contributed by atoms with van der Waals surface area (Å²) in [5.74, 6) is -3.93. The molecule has 3 N–H and O–H groups in total. The van der Waals surface area contributed by atoms with E-state index in [0.717, 1.165) is 6.07 Å². The minimum atomic E-state index is -1.31. The topological polar surface area (TPSA) is 131 Å². The van der Waals surface area contributed by atoms with Gasteiger partial charge >= 0.3 is 11.7 Å². The number of allylic oxidation sites excluding steroid dienone is 1. The maximum Gasteiger partial charge on any atom is 0.333 e. The molecule has 1 aromatic heterocycles. The van der Waals surface area contributed by atoms with Gasteiger partial charge in [-0.05, 0) is 23.8 Å². The fourth-order valence-electron chi connectivity index (χ4n) is 3.36. The summed E-state index contributed by atoms with van der Waals surface area (Å²) in [4.78, 5) is 30.0. The smallest absolute Gasteiger partial charge is 0.333 e. The summed E-state index contributed by atoms with van der Waals surface area (Å²) in [6.45, 7) is 0. The lowest BCUT2D eigenvalue weighted by atomic mass is 10.0. The summed E-state index contributed by atoms with van der Waals surface area (Å²) in [6, 6.07) is 6.71. The first-order chi connectivity index (χ1) is 15.2. The number of aromatic amines is 1. The lowest BCUT2D eigenvalue weighted by Crippen LogP contribution is -2.19. The van der Waals surface area contributed by atoms with Crippen LogP contribution >= 0.6 is 11.6 Å². The summed E-state index contributed by atoms with van der Waals surface area (Å²) in [6.07, 6.45) is 1.93. The summed E-state index contributed by atoms with van der Waals surface area (Å²) < 4.78 is 29.6. The Morgan fingerprint density at radius 1 is 1.28 bits per heavy atom. The summed E-state index contributed by atoms with van der Waals surface area (Å²) in [5.41, 5.74) is -1.61. The summed E-state index contributed by atoms with van der Waals surface area (Å²) in [7, 11) is 0. The van der Waals surface area contributed by atoms with Crippen molar-refractivity contribution in [3.63, 3.8) is 0 Å². The molecule has 32 heavy (non-hydrogen) atoms. The minimum Gasteiger partial charge on any atom is -0.493 e. The molecule has 11 heteroatoms. The van der Waals surface area contributed by atoms with Crippen LogP contribution in [-0.4, -0.2) is 31.9 Å². The van der Waals surface area contributed by atoms with E-state index < -0.39 is 46.8 Å². The number of aliphatic carboxylic acids is 1. The molecule has 8 nitrogen and oxygen atoms in total. The largest absolute Gasteiger partial charge is 0.493 e. The van der Waals surface area contributed by atoms with E-state index in [1.165, 1.54) is 30.5 Å². The normalized spacial score (nSPS) is 13.4. The van der Waals surface area contributed by atoms with Crippen molar-refractivity contribution in [1.82, 2.24) is 9.55 Å². The summed E-state index contributed by atoms with van der Waals surface area (Å²) >= 11 is 5.75. The number of fused-ring (bicyclic) bond motifs is 1. The van der Waals surface area contributed by atoms with Crippen LogP contribution in [0, 0.1) is 23.0 Å². The molecule has 160 valence electrons. The molecular weight excluding hydrogens is 446 g/mol. The number of nitrogens with one attached hydrogen (secondary N) is 1. The maximum atomic E-state index is 14.9. The first kappa shape index (κ1) is 21.0. The van der Waals surface area contributed by atoms with Crippen LogP contribution in [0.15, 0.2) is 34.1 Å². The quantitative estimate of drug-likeness (QED) is 0.552. The zero-order chi connectivity index (χ0) is 23.2. The Balaban J connectivity index is 1.89. The van der Waals surface area contributed by atoms with Gasteiger partial charge < -0.3 is 15.2 Å². The van der Waals surface area contributed by atoms with Crippen molar-refractivity contribution in [2.45, 2.75) is 6.42 Å². The van der Waals surface area contributed by atoms with Crippen LogP contribution in [0.25, 0.3) is 17.3 Å². The molecule has 0 unspecified atom stereocenters. The standard InChI is InChI=1S/C21H11ClF2N4O4/c22-13-4-3-12-11(8-26-18(12)17(13)24)5-14-20(31)28(21(32)27-14)19-9(6-15(29)30)1-2-10(7-25)16(19)23/h1-5,8,31H,6H2,(H,27,32)(H,29,30). The molecule has 2 heterocycles. The van der Waals surface area contributed by atoms with Crippen molar-refractivity contribution < 1.29 is 23.8 Å². The Bertz CT molecular complexity index is 1460. The monoisotopic (exact) mass is 456 g/mol. The molecule has 0 aliphatic carbocycles. The van der Waals surface area contributed by atoms with E-state index in [1.54, 1.807) is 6.07 Å². The molecule has 0 bridgehead atoms. The van der Waals surface area contributed by atoms with Gasteiger partial charge in [0.05, 0.1) is 22.7 Å². The molecule has 4 rings (SSSR count). The second-order valence-electron chi connectivity index (χ2n) is 6.74. The van der Waals surface area contributed by atoms with E-state index in [4.69, 9.17) is 22.0 Å². The first-order valence-corrected chi connectivity index (χ1v) is 9.32. The van der Waals surface area contributed by atoms with Crippen LogP contribution in [0.2, 0.25) is 5.02 Å². The fraction of sp³-hybridized carbons (Fsp3) is 0.0476. The SMILES string of the molecule is N#Cc1ccc(CC(=O)O)c(-n2c(O)c(C=C3C=Nc4c3ccc(Cl)c4F)[nH]c2=O)c1F. The van der Waals surface area contributed by atoms with Gasteiger partial charge in [0.15, 0.2) is 11.6 Å². The van der Waals surface area contributed by atoms with Crippen LogP contribution in [-0.2, 0) is 11.2 Å². The zero-order valence-corrected chi connectivity index (χ0v) is 16.6. The number of nitriles is 1. The van der Waals surface area contributed by atoms with Gasteiger partial charge in [-0.1, -0.05) is 23.7 Å². The van der Waals surface area contributed by atoms with Crippen LogP contribution < -0.4 is 5.69 Å². The Labute approximate surface area is 183 Å². The number of halogens is 3. The van der Waals surface area contributed by atoms with E-state index in [9.17, 15) is 23.5 Å². The van der Waals surface area contributed by atoms with Gasteiger partial charge in [-0.3, -0.25) is 9.79 Å². The molecule has 0 radical (unpaired) electrons. The van der Waals surface area contributed by atoms with E-state index >= 15 is 0 Å². The second kappa shape index (κ2) is 7.79. The zero-order valence-electron chi connectivity index (χ0n) is 15.9. The third kappa shape index (κ3) is 3.34. The predicted octanol–water partition coefficient (Wildman–Crippen LogP) is 3.56. The predicted molar refractivity (Wildman–Crippen MR) is 112 cm³/mol. The van der Waals surface area contributed by atoms with Crippen molar-refractivity contribution in [3.05, 3.63) is 73.8 Å². The van der Waals surface area contributed by atoms with Crippen molar-refractivity contribution in [3.8, 4) is 17.6 Å². The van der Waals surface area contributed by atoms with E-state index in [2.05, 4.69) is 9.98 Å². The Morgan fingerprint density at radius 2 is 2.03 bits per heavy atom. The number of nitrogens with zero attached hydrogens (tertiary/aromatic N) is 3. The third-order valence-electron chi connectivity index (χ3n) is 4.80. The molecule has 1 aliphatic rings. The number of benzene rings is 2. The highest BCUT2D eigenvalue weighted by Crippen LogP contribution is 2.38. The maximum absolute atomic E-state index is 14.9. The molecule has 0 atom stereocenters. The van der Waals surface area contributed by atoms with Crippen molar-refractivity contribution in [2.75, 3.05) is 0 Å². The van der Waals surface area contributed by atoms with Gasteiger partial charge in [0.1, 0.15) is 17.5 Å². The number of hydrogen-bond donors (Lipinski definition) is 3. The van der Waals surface area contributed by atoms with Gasteiger partial charge in [-0.15, -0.1) is 0 Å². The fourth-order valence-corrected chi connectivity index (χ4v) is 3.52. The number of aliphatic imine (C=N–C) groups is 1. The Hall–Kier alpha value is -4.23. The molecule has 0 saturated heterocycles. The average Bonchev–Trinajstić information content (AvgIpc) is 3.27. The number of aromatic nitrogens is 2. The highest BCUT2D eigenvalue weighted by atomic mass is 35.5. The minimum absolute atomic E-state index is 0.0125. The molecule has 0 saturated carbocycles. The van der Waals surface area contributed by atoms with Gasteiger partial charge in [-0.25, -0.2) is 18.1 Å². The molecule has 0 spiro atoms. The van der Waals surface area contributed by atoms with E-state index in [1.807, 2.05) is 0 Å². The number of carboxylic acids is 1. The highest BCUT2D eigenvalue weighted by Gasteiger charge is 2.24. The van der Waals surface area contributed by atoms with E-state index in [0.29, 0.717) is 15.7 Å². The average molecular weight is 457 g/mol. The lowest BCUT2D eigenvalue weighted by Gasteiger charge is -2.11. The number of aromatic hydroxyl groups is 1. The highest BCUT2D eigenvalue weighted by molar-refractivity contribution is 6.31. The van der Waals surface area contributed by atoms with Gasteiger partial charge in [-0.2, -0.15) is 5.26 Å². The van der Waals surface area contributed by atoms with E-state index in [-0.39, 0.29) is 22.0 Å². The Morgan fingerprint density at radius 3 is 2.72 bits per heavy atom. The van der Waals surface area contributed by atoms with Gasteiger partial charge in [0.2, 0.25) is 5.88 Å². The number of carbonyl (C=O) groups is 1. The molecular formula is C21H11ClF2N4O4. The number of rotatable bonds is 4. The second-order valence-corrected chi connectivity index (χ2v) is 7.14. The van der Waals surface area contributed by atoms with Crippen molar-refractivity contribution in [2.24, 2.45) is 4.99 Å². The summed E-state index contributed by atoms with van der Waals surface area (Å²) in [5, 5.41) is 28.8. The molecule has 3 aromatic rings. The molecule has 2 aromatic carbocycles. The van der Waals surface area contributed by atoms with Gasteiger partial charge in [0.25, 0.3) is 0 Å². The first-order valence-electron chi connectivity index (χ1n) is 8.94. The van der Waals surface area contributed by atoms with Crippen molar-refractivity contribution >= 4 is 41.1 Å². The number of imidazole rings is 1. The number of hydrogen-bond acceptors (Lipinski definition) is 5. The third-order valence-corrected chi connectivity index (χ3v) is 5.09. The molecule has 0 fully saturated rings. The van der Waals surface area contributed by atoms with Crippen LogP contribution in [0.4, 0.5) is 14.5 Å². The van der Waals surface area contributed by atoms with Crippen molar-refractivity contribution in [1.29, 1.82) is 5.26 Å². The molecule has 0 amide bonds.